The normalized spacial score (nSPS) is 14.5. The molecule has 0 radical (unpaired) electrons. The predicted octanol–water partition coefficient (Wildman–Crippen LogP) is 4.08. The van der Waals surface area contributed by atoms with Gasteiger partial charge in [0, 0.05) is 18.3 Å². The number of likely N-dealkylation sites (N-methyl/N-ethyl adjacent to an activating group) is 1. The molecule has 1 aliphatic rings. The highest BCUT2D eigenvalue weighted by molar-refractivity contribution is 5.75. The molecule has 0 aliphatic carbocycles. The highest BCUT2D eigenvalue weighted by Gasteiger charge is 2.28. The highest BCUT2D eigenvalue weighted by Crippen LogP contribution is 2.37. The summed E-state index contributed by atoms with van der Waals surface area (Å²) in [6.07, 6.45) is 0.334. The van der Waals surface area contributed by atoms with Crippen LogP contribution < -0.4 is 15.0 Å². The maximum atomic E-state index is 15.2. The summed E-state index contributed by atoms with van der Waals surface area (Å²) in [7, 11) is 1.68. The maximum Gasteiger partial charge on any atom is 0.175 e. The maximum absolute atomic E-state index is 15.2. The number of nitrogens with one attached hydrogen (secondary N) is 1. The molecule has 2 unspecified atom stereocenters. The summed E-state index contributed by atoms with van der Waals surface area (Å²) in [6.45, 7) is 8.45. The number of fused-ring (bicyclic) bond motifs is 1. The molecule has 10 heteroatoms. The number of anilines is 1. The molecular formula is C27H29FN6O3. The van der Waals surface area contributed by atoms with Gasteiger partial charge in [0.15, 0.2) is 12.1 Å². The topological polar surface area (TPSA) is 109 Å². The molecule has 0 spiro atoms. The number of aliphatic hydroxyl groups is 1. The SMILES string of the molecule is CNC(Oc1ccc(F)c(-c2nc(-c3c(C)noc3C)c(C)c(N3Cc4cccnc4C3)n2)c1)C(C)O. The van der Waals surface area contributed by atoms with Gasteiger partial charge in [0.2, 0.25) is 0 Å². The smallest absolute Gasteiger partial charge is 0.175 e. The first-order valence-electron chi connectivity index (χ1n) is 12.1. The third-order valence-electron chi connectivity index (χ3n) is 6.54. The van der Waals surface area contributed by atoms with E-state index in [1.54, 1.807) is 26.2 Å². The molecule has 1 aromatic carbocycles. The Morgan fingerprint density at radius 2 is 1.97 bits per heavy atom. The Bertz CT molecular complexity index is 1410. The van der Waals surface area contributed by atoms with E-state index in [4.69, 9.17) is 19.2 Å². The first-order chi connectivity index (χ1) is 17.8. The first kappa shape index (κ1) is 24.8. The summed E-state index contributed by atoms with van der Waals surface area (Å²) in [4.78, 5) is 16.3. The minimum Gasteiger partial charge on any atom is -0.473 e. The number of aromatic nitrogens is 4. The minimum atomic E-state index is -0.780. The lowest BCUT2D eigenvalue weighted by atomic mass is 10.0. The number of benzene rings is 1. The lowest BCUT2D eigenvalue weighted by molar-refractivity contribution is 0.0320. The van der Waals surface area contributed by atoms with E-state index < -0.39 is 18.1 Å². The van der Waals surface area contributed by atoms with Crippen LogP contribution in [0, 0.1) is 26.6 Å². The van der Waals surface area contributed by atoms with Gasteiger partial charge in [-0.1, -0.05) is 11.2 Å². The van der Waals surface area contributed by atoms with Crippen LogP contribution in [0.4, 0.5) is 10.2 Å². The van der Waals surface area contributed by atoms with Crippen molar-refractivity contribution >= 4 is 5.82 Å². The van der Waals surface area contributed by atoms with Crippen molar-refractivity contribution in [1.82, 2.24) is 25.4 Å². The van der Waals surface area contributed by atoms with Crippen LogP contribution in [0.1, 0.15) is 35.2 Å². The fraction of sp³-hybridized carbons (Fsp3) is 0.333. The van der Waals surface area contributed by atoms with Gasteiger partial charge < -0.3 is 19.3 Å². The van der Waals surface area contributed by atoms with Crippen molar-refractivity contribution in [2.75, 3.05) is 11.9 Å². The quantitative estimate of drug-likeness (QED) is 0.360. The molecule has 0 saturated carbocycles. The highest BCUT2D eigenvalue weighted by atomic mass is 19.1. The van der Waals surface area contributed by atoms with Crippen LogP contribution in [-0.2, 0) is 13.1 Å². The number of halogens is 1. The van der Waals surface area contributed by atoms with E-state index in [0.717, 1.165) is 22.4 Å². The van der Waals surface area contributed by atoms with Crippen molar-refractivity contribution in [2.24, 2.45) is 0 Å². The summed E-state index contributed by atoms with van der Waals surface area (Å²) in [6, 6.07) is 8.35. The monoisotopic (exact) mass is 504 g/mol. The van der Waals surface area contributed by atoms with E-state index in [2.05, 4.69) is 26.4 Å². The van der Waals surface area contributed by atoms with E-state index in [-0.39, 0.29) is 11.4 Å². The lowest BCUT2D eigenvalue weighted by Crippen LogP contribution is -2.40. The van der Waals surface area contributed by atoms with Crippen LogP contribution in [-0.4, -0.2) is 44.6 Å². The summed E-state index contributed by atoms with van der Waals surface area (Å²) in [5, 5.41) is 17.0. The molecule has 0 fully saturated rings. The van der Waals surface area contributed by atoms with Gasteiger partial charge in [-0.05, 0) is 64.6 Å². The Labute approximate surface area is 214 Å². The number of hydrogen-bond donors (Lipinski definition) is 2. The molecule has 3 aromatic heterocycles. The summed E-state index contributed by atoms with van der Waals surface area (Å²) < 4.78 is 26.5. The van der Waals surface area contributed by atoms with Crippen molar-refractivity contribution in [3.8, 4) is 28.4 Å². The third-order valence-corrected chi connectivity index (χ3v) is 6.54. The third kappa shape index (κ3) is 4.65. The molecule has 5 rings (SSSR count). The lowest BCUT2D eigenvalue weighted by Gasteiger charge is -2.22. The van der Waals surface area contributed by atoms with Gasteiger partial charge in [0.25, 0.3) is 0 Å². The molecule has 0 bridgehead atoms. The van der Waals surface area contributed by atoms with E-state index in [1.165, 1.54) is 12.1 Å². The number of pyridine rings is 1. The van der Waals surface area contributed by atoms with Crippen LogP contribution in [0.3, 0.4) is 0 Å². The molecule has 0 saturated heterocycles. The molecule has 2 atom stereocenters. The van der Waals surface area contributed by atoms with Gasteiger partial charge in [0.1, 0.15) is 29.2 Å². The van der Waals surface area contributed by atoms with Crippen molar-refractivity contribution in [3.05, 3.63) is 70.6 Å². The largest absolute Gasteiger partial charge is 0.473 e. The first-order valence-corrected chi connectivity index (χ1v) is 12.1. The van der Waals surface area contributed by atoms with E-state index in [0.29, 0.717) is 41.8 Å². The van der Waals surface area contributed by atoms with E-state index in [9.17, 15) is 5.11 Å². The Balaban J connectivity index is 1.65. The summed E-state index contributed by atoms with van der Waals surface area (Å²) >= 11 is 0. The molecule has 37 heavy (non-hydrogen) atoms. The van der Waals surface area contributed by atoms with E-state index >= 15 is 4.39 Å². The number of rotatable bonds is 7. The second-order valence-corrected chi connectivity index (χ2v) is 9.22. The zero-order valence-corrected chi connectivity index (χ0v) is 21.4. The average molecular weight is 505 g/mol. The second kappa shape index (κ2) is 9.87. The molecule has 1 aliphatic heterocycles. The number of hydrogen-bond acceptors (Lipinski definition) is 9. The van der Waals surface area contributed by atoms with Crippen molar-refractivity contribution in [3.63, 3.8) is 0 Å². The Hall–Kier alpha value is -3.89. The summed E-state index contributed by atoms with van der Waals surface area (Å²) in [5.41, 5.74) is 5.20. The van der Waals surface area contributed by atoms with Gasteiger partial charge in [-0.2, -0.15) is 0 Å². The van der Waals surface area contributed by atoms with Crippen LogP contribution in [0.2, 0.25) is 0 Å². The Kier molecular flexibility index (Phi) is 6.61. The van der Waals surface area contributed by atoms with Crippen LogP contribution in [0.15, 0.2) is 41.1 Å². The van der Waals surface area contributed by atoms with Crippen molar-refractivity contribution < 1.29 is 18.8 Å². The van der Waals surface area contributed by atoms with Crippen molar-refractivity contribution in [1.29, 1.82) is 0 Å². The number of ether oxygens (including phenoxy) is 1. The van der Waals surface area contributed by atoms with Gasteiger partial charge in [-0.3, -0.25) is 10.3 Å². The number of aryl methyl sites for hydroxylation is 2. The summed E-state index contributed by atoms with van der Waals surface area (Å²) in [5.74, 6) is 1.39. The van der Waals surface area contributed by atoms with Gasteiger partial charge in [-0.15, -0.1) is 0 Å². The minimum absolute atomic E-state index is 0.182. The van der Waals surface area contributed by atoms with Crippen LogP contribution >= 0.6 is 0 Å². The average Bonchev–Trinajstić information content (AvgIpc) is 3.46. The Morgan fingerprint density at radius 1 is 1.16 bits per heavy atom. The predicted molar refractivity (Wildman–Crippen MR) is 136 cm³/mol. The van der Waals surface area contributed by atoms with Gasteiger partial charge >= 0.3 is 0 Å². The molecular weight excluding hydrogens is 475 g/mol. The van der Waals surface area contributed by atoms with Crippen molar-refractivity contribution in [2.45, 2.75) is 53.1 Å². The molecule has 9 nitrogen and oxygen atoms in total. The standard InChI is InChI=1S/C27H29FN6O3/c1-14-24(23-15(2)33-37-17(23)4)31-25(32-26(14)34-12-18-7-6-10-30-22(18)13-34)20-11-19(8-9-21(20)28)36-27(29-5)16(3)35/h6-11,16,27,29,35H,12-13H2,1-5H3. The zero-order chi connectivity index (χ0) is 26.3. The second-order valence-electron chi connectivity index (χ2n) is 9.22. The molecule has 0 amide bonds. The number of nitrogens with zero attached hydrogens (tertiary/aromatic N) is 5. The fourth-order valence-corrected chi connectivity index (χ4v) is 4.64. The van der Waals surface area contributed by atoms with Crippen LogP contribution in [0.5, 0.6) is 5.75 Å². The zero-order valence-electron chi connectivity index (χ0n) is 21.4. The molecule has 4 heterocycles. The van der Waals surface area contributed by atoms with Crippen LogP contribution in [0.25, 0.3) is 22.6 Å². The molecule has 4 aromatic rings. The fourth-order valence-electron chi connectivity index (χ4n) is 4.64. The van der Waals surface area contributed by atoms with Gasteiger partial charge in [-0.25, -0.2) is 14.4 Å². The Morgan fingerprint density at radius 3 is 2.65 bits per heavy atom. The molecule has 2 N–H and O–H groups in total. The van der Waals surface area contributed by atoms with E-state index in [1.807, 2.05) is 26.8 Å². The molecule has 192 valence electrons. The number of aliphatic hydroxyl groups excluding tert-OH is 1. The van der Waals surface area contributed by atoms with Gasteiger partial charge in [0.05, 0.1) is 34.8 Å².